The lowest BCUT2D eigenvalue weighted by molar-refractivity contribution is -0.144. The zero-order chi connectivity index (χ0) is 16.0. The SMILES string of the molecule is CC1(C)CN(C(=O)C2(c3cccc(F)c3)CCC2)CCC1N.Cl. The van der Waals surface area contributed by atoms with Gasteiger partial charge in [-0.25, -0.2) is 4.39 Å². The van der Waals surface area contributed by atoms with Crippen molar-refractivity contribution in [2.24, 2.45) is 11.1 Å². The molecule has 1 unspecified atom stereocenters. The van der Waals surface area contributed by atoms with Gasteiger partial charge in [0.25, 0.3) is 0 Å². The zero-order valence-electron chi connectivity index (χ0n) is 13.8. The molecule has 5 heteroatoms. The second-order valence-electron chi connectivity index (χ2n) is 7.56. The smallest absolute Gasteiger partial charge is 0.233 e. The fourth-order valence-corrected chi connectivity index (χ4v) is 3.79. The normalized spacial score (nSPS) is 25.2. The number of carbonyl (C=O) groups is 1. The van der Waals surface area contributed by atoms with Crippen LogP contribution in [-0.4, -0.2) is 29.9 Å². The van der Waals surface area contributed by atoms with Gasteiger partial charge in [-0.1, -0.05) is 32.4 Å². The molecule has 1 saturated carbocycles. The zero-order valence-corrected chi connectivity index (χ0v) is 14.7. The maximum Gasteiger partial charge on any atom is 0.233 e. The summed E-state index contributed by atoms with van der Waals surface area (Å²) in [5.74, 6) is -0.109. The van der Waals surface area contributed by atoms with Crippen molar-refractivity contribution < 1.29 is 9.18 Å². The second-order valence-corrected chi connectivity index (χ2v) is 7.56. The minimum Gasteiger partial charge on any atom is -0.341 e. The monoisotopic (exact) mass is 340 g/mol. The van der Waals surface area contributed by atoms with Crippen LogP contribution in [0.15, 0.2) is 24.3 Å². The lowest BCUT2D eigenvalue weighted by Crippen LogP contribution is -2.59. The fraction of sp³-hybridized carbons (Fsp3) is 0.611. The minimum atomic E-state index is -0.514. The molecule has 2 aliphatic rings. The molecule has 23 heavy (non-hydrogen) atoms. The number of amides is 1. The third-order valence-electron chi connectivity index (χ3n) is 5.59. The highest BCUT2D eigenvalue weighted by atomic mass is 35.5. The summed E-state index contributed by atoms with van der Waals surface area (Å²) in [5.41, 5.74) is 6.42. The maximum atomic E-state index is 13.6. The number of hydrogen-bond acceptors (Lipinski definition) is 2. The van der Waals surface area contributed by atoms with E-state index < -0.39 is 5.41 Å². The Balaban J connectivity index is 0.00000192. The van der Waals surface area contributed by atoms with Crippen LogP contribution in [-0.2, 0) is 10.2 Å². The summed E-state index contributed by atoms with van der Waals surface area (Å²) in [7, 11) is 0. The molecule has 1 heterocycles. The lowest BCUT2D eigenvalue weighted by atomic mass is 9.63. The molecule has 1 amide bonds. The topological polar surface area (TPSA) is 46.3 Å². The van der Waals surface area contributed by atoms with Gasteiger partial charge < -0.3 is 10.6 Å². The summed E-state index contributed by atoms with van der Waals surface area (Å²) in [6.07, 6.45) is 3.49. The second kappa shape index (κ2) is 6.40. The van der Waals surface area contributed by atoms with Crippen LogP contribution < -0.4 is 5.73 Å². The van der Waals surface area contributed by atoms with Crippen molar-refractivity contribution in [3.63, 3.8) is 0 Å². The first-order valence-corrected chi connectivity index (χ1v) is 8.16. The number of rotatable bonds is 2. The van der Waals surface area contributed by atoms with Crippen LogP contribution in [0.2, 0.25) is 0 Å². The van der Waals surface area contributed by atoms with Crippen molar-refractivity contribution in [3.05, 3.63) is 35.6 Å². The molecule has 1 aromatic rings. The number of halogens is 2. The minimum absolute atomic E-state index is 0. The van der Waals surface area contributed by atoms with Crippen molar-refractivity contribution in [1.29, 1.82) is 0 Å². The average Bonchev–Trinajstić information content (AvgIpc) is 2.40. The molecule has 1 atom stereocenters. The third kappa shape index (κ3) is 3.11. The van der Waals surface area contributed by atoms with E-state index in [0.29, 0.717) is 13.1 Å². The molecule has 1 aliphatic carbocycles. The van der Waals surface area contributed by atoms with Gasteiger partial charge in [-0.05, 0) is 42.4 Å². The molecular weight excluding hydrogens is 315 g/mol. The van der Waals surface area contributed by atoms with E-state index in [0.717, 1.165) is 31.2 Å². The third-order valence-corrected chi connectivity index (χ3v) is 5.59. The van der Waals surface area contributed by atoms with E-state index in [9.17, 15) is 9.18 Å². The molecule has 0 aromatic heterocycles. The number of carbonyl (C=O) groups excluding carboxylic acids is 1. The summed E-state index contributed by atoms with van der Waals surface area (Å²) >= 11 is 0. The van der Waals surface area contributed by atoms with Crippen molar-refractivity contribution in [2.45, 2.75) is 51.0 Å². The van der Waals surface area contributed by atoms with E-state index in [1.807, 2.05) is 11.0 Å². The Hall–Kier alpha value is -1.13. The predicted molar refractivity (Wildman–Crippen MR) is 92.1 cm³/mol. The van der Waals surface area contributed by atoms with E-state index >= 15 is 0 Å². The van der Waals surface area contributed by atoms with Crippen molar-refractivity contribution >= 4 is 18.3 Å². The van der Waals surface area contributed by atoms with Gasteiger partial charge in [0.05, 0.1) is 5.41 Å². The molecule has 1 saturated heterocycles. The number of nitrogens with two attached hydrogens (primary N) is 1. The first-order chi connectivity index (χ1) is 10.3. The van der Waals surface area contributed by atoms with Crippen LogP contribution in [0.4, 0.5) is 4.39 Å². The highest BCUT2D eigenvalue weighted by molar-refractivity contribution is 5.89. The maximum absolute atomic E-state index is 13.6. The Bertz CT molecular complexity index is 586. The average molecular weight is 341 g/mol. The summed E-state index contributed by atoms with van der Waals surface area (Å²) in [4.78, 5) is 15.1. The molecule has 0 radical (unpaired) electrons. The molecule has 2 N–H and O–H groups in total. The Morgan fingerprint density at radius 1 is 1.35 bits per heavy atom. The molecule has 0 spiro atoms. The summed E-state index contributed by atoms with van der Waals surface area (Å²) in [6, 6.07) is 6.68. The number of likely N-dealkylation sites (tertiary alicyclic amines) is 1. The van der Waals surface area contributed by atoms with E-state index in [1.165, 1.54) is 12.1 Å². The quantitative estimate of drug-likeness (QED) is 0.898. The largest absolute Gasteiger partial charge is 0.341 e. The van der Waals surface area contributed by atoms with Crippen LogP contribution in [0.1, 0.15) is 45.1 Å². The molecule has 1 aliphatic heterocycles. The Morgan fingerprint density at radius 3 is 2.57 bits per heavy atom. The van der Waals surface area contributed by atoms with E-state index in [1.54, 1.807) is 6.07 Å². The summed E-state index contributed by atoms with van der Waals surface area (Å²) in [5, 5.41) is 0. The number of hydrogen-bond donors (Lipinski definition) is 1. The van der Waals surface area contributed by atoms with Gasteiger partial charge >= 0.3 is 0 Å². The van der Waals surface area contributed by atoms with Gasteiger partial charge in [-0.3, -0.25) is 4.79 Å². The molecule has 3 rings (SSSR count). The lowest BCUT2D eigenvalue weighted by Gasteiger charge is -2.49. The van der Waals surface area contributed by atoms with Crippen molar-refractivity contribution in [3.8, 4) is 0 Å². The van der Waals surface area contributed by atoms with Gasteiger partial charge in [0.2, 0.25) is 5.91 Å². The van der Waals surface area contributed by atoms with Crippen LogP contribution in [0.3, 0.4) is 0 Å². The van der Waals surface area contributed by atoms with E-state index in [-0.39, 0.29) is 35.6 Å². The van der Waals surface area contributed by atoms with Gasteiger partial charge in [-0.15, -0.1) is 12.4 Å². The van der Waals surface area contributed by atoms with Crippen LogP contribution in [0.5, 0.6) is 0 Å². The highest BCUT2D eigenvalue weighted by Gasteiger charge is 2.49. The summed E-state index contributed by atoms with van der Waals surface area (Å²) in [6.45, 7) is 5.63. The summed E-state index contributed by atoms with van der Waals surface area (Å²) < 4.78 is 13.6. The molecule has 1 aromatic carbocycles. The molecule has 0 bridgehead atoms. The standard InChI is InChI=1S/C18H25FN2O.ClH/c1-17(2)12-21(10-7-15(17)20)16(22)18(8-4-9-18)13-5-3-6-14(19)11-13;/h3,5-6,11,15H,4,7-10,12,20H2,1-2H3;1H. The molecule has 2 fully saturated rings. The first kappa shape index (κ1) is 18.2. The Labute approximate surface area is 143 Å². The first-order valence-electron chi connectivity index (χ1n) is 8.16. The van der Waals surface area contributed by atoms with E-state index in [2.05, 4.69) is 13.8 Å². The van der Waals surface area contributed by atoms with Gasteiger partial charge in [0.15, 0.2) is 0 Å². The molecular formula is C18H26ClFN2O. The predicted octanol–water partition coefficient (Wildman–Crippen LogP) is 3.26. The molecule has 3 nitrogen and oxygen atoms in total. The van der Waals surface area contributed by atoms with Gasteiger partial charge in [0.1, 0.15) is 5.82 Å². The number of piperidine rings is 1. The van der Waals surface area contributed by atoms with Crippen LogP contribution in [0, 0.1) is 11.2 Å². The number of nitrogens with zero attached hydrogens (tertiary/aromatic N) is 1. The van der Waals surface area contributed by atoms with Crippen molar-refractivity contribution in [1.82, 2.24) is 4.90 Å². The number of benzene rings is 1. The van der Waals surface area contributed by atoms with Gasteiger partial charge in [-0.2, -0.15) is 0 Å². The van der Waals surface area contributed by atoms with Crippen LogP contribution in [0.25, 0.3) is 0 Å². The van der Waals surface area contributed by atoms with E-state index in [4.69, 9.17) is 5.73 Å². The van der Waals surface area contributed by atoms with Crippen LogP contribution >= 0.6 is 12.4 Å². The Morgan fingerprint density at radius 2 is 2.04 bits per heavy atom. The molecule has 128 valence electrons. The highest BCUT2D eigenvalue weighted by Crippen LogP contribution is 2.46. The van der Waals surface area contributed by atoms with Crippen molar-refractivity contribution in [2.75, 3.05) is 13.1 Å². The Kier molecular flexibility index (Phi) is 5.07. The van der Waals surface area contributed by atoms with Gasteiger partial charge in [0, 0.05) is 19.1 Å². The fourth-order valence-electron chi connectivity index (χ4n) is 3.79.